The SMILES string of the molecule is C[C@H](c1cccc2ccccc12)N(C)C/C=C/C#CC(C)(C)C. The second-order valence-corrected chi connectivity index (χ2v) is 7.11. The van der Waals surface area contributed by atoms with Gasteiger partial charge < -0.3 is 0 Å². The molecule has 0 saturated heterocycles. The van der Waals surface area contributed by atoms with E-state index < -0.39 is 0 Å². The summed E-state index contributed by atoms with van der Waals surface area (Å²) in [5, 5.41) is 2.64. The van der Waals surface area contributed by atoms with E-state index >= 15 is 0 Å². The van der Waals surface area contributed by atoms with Crippen molar-refractivity contribution in [1.29, 1.82) is 0 Å². The van der Waals surface area contributed by atoms with Crippen LogP contribution in [0.2, 0.25) is 0 Å². The third-order valence-corrected chi connectivity index (χ3v) is 3.98. The molecule has 0 aliphatic rings. The summed E-state index contributed by atoms with van der Waals surface area (Å²) < 4.78 is 0. The molecule has 1 nitrogen and oxygen atoms in total. The third kappa shape index (κ3) is 4.98. The highest BCUT2D eigenvalue weighted by atomic mass is 15.1. The minimum atomic E-state index is 0.0620. The van der Waals surface area contributed by atoms with Gasteiger partial charge in [0.1, 0.15) is 0 Å². The minimum Gasteiger partial charge on any atom is -0.296 e. The van der Waals surface area contributed by atoms with Crippen LogP contribution in [0.3, 0.4) is 0 Å². The minimum absolute atomic E-state index is 0.0620. The van der Waals surface area contributed by atoms with Crippen LogP contribution in [-0.4, -0.2) is 18.5 Å². The van der Waals surface area contributed by atoms with Gasteiger partial charge in [0.2, 0.25) is 0 Å². The van der Waals surface area contributed by atoms with Gasteiger partial charge in [-0.15, -0.1) is 0 Å². The molecule has 0 unspecified atom stereocenters. The van der Waals surface area contributed by atoms with Crippen LogP contribution in [0.25, 0.3) is 10.8 Å². The number of allylic oxidation sites excluding steroid dienone is 1. The maximum atomic E-state index is 3.23. The largest absolute Gasteiger partial charge is 0.296 e. The quantitative estimate of drug-likeness (QED) is 0.680. The predicted octanol–water partition coefficient (Wildman–Crippen LogP) is 5.44. The summed E-state index contributed by atoms with van der Waals surface area (Å²) in [5.41, 5.74) is 1.44. The van der Waals surface area contributed by atoms with Gasteiger partial charge >= 0.3 is 0 Å². The van der Waals surface area contributed by atoms with Crippen molar-refractivity contribution >= 4 is 10.8 Å². The van der Waals surface area contributed by atoms with Crippen LogP contribution in [0.15, 0.2) is 54.6 Å². The van der Waals surface area contributed by atoms with Crippen molar-refractivity contribution < 1.29 is 0 Å². The van der Waals surface area contributed by atoms with Crippen LogP contribution in [-0.2, 0) is 0 Å². The Balaban J connectivity index is 2.08. The number of rotatable bonds is 4. The van der Waals surface area contributed by atoms with Gasteiger partial charge in [0, 0.05) is 18.0 Å². The summed E-state index contributed by atoms with van der Waals surface area (Å²) in [6.07, 6.45) is 4.11. The molecule has 2 aromatic carbocycles. The molecule has 1 atom stereocenters. The fraction of sp³-hybridized carbons (Fsp3) is 0.364. The first kappa shape index (κ1) is 17.3. The molecule has 120 valence electrons. The van der Waals surface area contributed by atoms with Crippen LogP contribution in [0.5, 0.6) is 0 Å². The van der Waals surface area contributed by atoms with Gasteiger partial charge in [0.05, 0.1) is 0 Å². The highest BCUT2D eigenvalue weighted by Crippen LogP contribution is 2.27. The van der Waals surface area contributed by atoms with E-state index in [2.05, 4.69) is 100 Å². The van der Waals surface area contributed by atoms with Gasteiger partial charge in [0.25, 0.3) is 0 Å². The summed E-state index contributed by atoms with van der Waals surface area (Å²) in [5.74, 6) is 6.36. The van der Waals surface area contributed by atoms with E-state index in [9.17, 15) is 0 Å². The highest BCUT2D eigenvalue weighted by Gasteiger charge is 2.12. The van der Waals surface area contributed by atoms with E-state index in [0.717, 1.165) is 6.54 Å². The summed E-state index contributed by atoms with van der Waals surface area (Å²) in [6, 6.07) is 15.5. The Morgan fingerprint density at radius 2 is 1.78 bits per heavy atom. The number of benzene rings is 2. The first-order valence-electron chi connectivity index (χ1n) is 8.24. The molecule has 1 heteroatoms. The molecule has 0 saturated carbocycles. The van der Waals surface area contributed by atoms with Crippen molar-refractivity contribution in [3.05, 3.63) is 60.2 Å². The van der Waals surface area contributed by atoms with Gasteiger partial charge in [-0.2, -0.15) is 0 Å². The number of hydrogen-bond donors (Lipinski definition) is 0. The smallest absolute Gasteiger partial charge is 0.0326 e. The summed E-state index contributed by atoms with van der Waals surface area (Å²) in [7, 11) is 2.16. The Morgan fingerprint density at radius 1 is 1.09 bits per heavy atom. The van der Waals surface area contributed by atoms with Gasteiger partial charge in [0.15, 0.2) is 0 Å². The maximum absolute atomic E-state index is 3.23. The molecule has 0 radical (unpaired) electrons. The fourth-order valence-corrected chi connectivity index (χ4v) is 2.55. The number of likely N-dealkylation sites (N-methyl/N-ethyl adjacent to an activating group) is 1. The average Bonchev–Trinajstić information content (AvgIpc) is 2.52. The first-order valence-corrected chi connectivity index (χ1v) is 8.24. The molecule has 0 fully saturated rings. The average molecular weight is 305 g/mol. The van der Waals surface area contributed by atoms with E-state index in [1.165, 1.54) is 16.3 Å². The molecular weight excluding hydrogens is 278 g/mol. The number of nitrogens with zero attached hydrogens (tertiary/aromatic N) is 1. The highest BCUT2D eigenvalue weighted by molar-refractivity contribution is 5.86. The van der Waals surface area contributed by atoms with E-state index in [-0.39, 0.29) is 5.41 Å². The van der Waals surface area contributed by atoms with Crippen LogP contribution in [0.4, 0.5) is 0 Å². The van der Waals surface area contributed by atoms with Crippen molar-refractivity contribution in [3.8, 4) is 11.8 Å². The zero-order valence-corrected chi connectivity index (χ0v) is 14.9. The van der Waals surface area contributed by atoms with Crippen LogP contribution in [0, 0.1) is 17.3 Å². The predicted molar refractivity (Wildman–Crippen MR) is 101 cm³/mol. The number of hydrogen-bond acceptors (Lipinski definition) is 1. The van der Waals surface area contributed by atoms with Crippen molar-refractivity contribution in [2.75, 3.05) is 13.6 Å². The topological polar surface area (TPSA) is 3.24 Å². The van der Waals surface area contributed by atoms with Crippen molar-refractivity contribution in [2.24, 2.45) is 5.41 Å². The van der Waals surface area contributed by atoms with Gasteiger partial charge in [-0.3, -0.25) is 4.90 Å². The molecule has 0 bridgehead atoms. The molecule has 2 aromatic rings. The second kappa shape index (κ2) is 7.49. The second-order valence-electron chi connectivity index (χ2n) is 7.11. The molecule has 0 amide bonds. The summed E-state index contributed by atoms with van der Waals surface area (Å²) in [4.78, 5) is 2.34. The lowest BCUT2D eigenvalue weighted by Crippen LogP contribution is -2.22. The Labute approximate surface area is 141 Å². The third-order valence-electron chi connectivity index (χ3n) is 3.98. The van der Waals surface area contributed by atoms with Crippen LogP contribution >= 0.6 is 0 Å². The van der Waals surface area contributed by atoms with Gasteiger partial charge in [-0.25, -0.2) is 0 Å². The van der Waals surface area contributed by atoms with E-state index in [1.54, 1.807) is 0 Å². The first-order chi connectivity index (χ1) is 10.9. The van der Waals surface area contributed by atoms with Crippen LogP contribution < -0.4 is 0 Å². The maximum Gasteiger partial charge on any atom is 0.0326 e. The molecule has 0 aliphatic carbocycles. The number of fused-ring (bicyclic) bond motifs is 1. The lowest BCUT2D eigenvalue weighted by Gasteiger charge is -2.25. The fourth-order valence-electron chi connectivity index (χ4n) is 2.55. The van der Waals surface area contributed by atoms with Crippen molar-refractivity contribution in [1.82, 2.24) is 4.90 Å². The van der Waals surface area contributed by atoms with Crippen molar-refractivity contribution in [2.45, 2.75) is 33.7 Å². The Kier molecular flexibility index (Phi) is 5.64. The Bertz CT molecular complexity index is 732. The molecule has 0 aliphatic heterocycles. The normalized spacial score (nSPS) is 13.3. The Hall–Kier alpha value is -2.04. The molecule has 2 rings (SSSR count). The zero-order valence-electron chi connectivity index (χ0n) is 14.9. The summed E-state index contributed by atoms with van der Waals surface area (Å²) >= 11 is 0. The summed E-state index contributed by atoms with van der Waals surface area (Å²) in [6.45, 7) is 9.54. The monoisotopic (exact) mass is 305 g/mol. The Morgan fingerprint density at radius 3 is 2.52 bits per heavy atom. The van der Waals surface area contributed by atoms with Gasteiger partial charge in [-0.1, -0.05) is 60.4 Å². The van der Waals surface area contributed by atoms with E-state index in [1.807, 2.05) is 6.08 Å². The lowest BCUT2D eigenvalue weighted by molar-refractivity contribution is 0.291. The molecular formula is C22H27N. The standard InChI is InChI=1S/C22H27N/c1-18(23(5)17-10-6-9-16-22(2,3)4)20-15-11-13-19-12-7-8-14-21(19)20/h6-8,10-15,18H,17H2,1-5H3/b10-6+/t18-/m1/s1. The van der Waals surface area contributed by atoms with E-state index in [4.69, 9.17) is 0 Å². The zero-order chi connectivity index (χ0) is 16.9. The van der Waals surface area contributed by atoms with E-state index in [0.29, 0.717) is 6.04 Å². The molecule has 23 heavy (non-hydrogen) atoms. The lowest BCUT2D eigenvalue weighted by atomic mass is 9.98. The van der Waals surface area contributed by atoms with Crippen LogP contribution in [0.1, 0.15) is 39.3 Å². The van der Waals surface area contributed by atoms with Crippen molar-refractivity contribution in [3.63, 3.8) is 0 Å². The molecule has 0 spiro atoms. The molecule has 0 heterocycles. The van der Waals surface area contributed by atoms with Gasteiger partial charge in [-0.05, 0) is 57.2 Å². The molecule has 0 aromatic heterocycles. The molecule has 0 N–H and O–H groups in total.